The highest BCUT2D eigenvalue weighted by Crippen LogP contribution is 2.39. The first kappa shape index (κ1) is 12.6. The molecule has 0 aliphatic heterocycles. The zero-order chi connectivity index (χ0) is 12.5. The third-order valence-electron chi connectivity index (χ3n) is 4.03. The summed E-state index contributed by atoms with van der Waals surface area (Å²) in [4.78, 5) is 0. The Balaban J connectivity index is 2.29. The normalized spacial score (nSPS) is 21.2. The second-order valence-electron chi connectivity index (χ2n) is 5.50. The lowest BCUT2D eigenvalue weighted by atomic mass is 9.74. The monoisotopic (exact) mass is 236 g/mol. The summed E-state index contributed by atoms with van der Waals surface area (Å²) >= 11 is 0. The molecule has 0 saturated heterocycles. The second-order valence-corrected chi connectivity index (χ2v) is 5.50. The van der Waals surface area contributed by atoms with Crippen molar-refractivity contribution in [1.29, 1.82) is 0 Å². The number of hydrogen-bond acceptors (Lipinski definition) is 1. The number of aliphatic hydroxyl groups is 1. The van der Waals surface area contributed by atoms with Crippen LogP contribution in [0, 0.1) is 18.7 Å². The Bertz CT molecular complexity index is 372. The molecule has 0 heterocycles. The molecule has 94 valence electrons. The van der Waals surface area contributed by atoms with Crippen molar-refractivity contribution in [2.24, 2.45) is 5.92 Å². The highest BCUT2D eigenvalue weighted by atomic mass is 19.1. The van der Waals surface area contributed by atoms with E-state index in [9.17, 15) is 9.50 Å². The Labute approximate surface area is 103 Å². The first-order chi connectivity index (χ1) is 8.00. The van der Waals surface area contributed by atoms with Gasteiger partial charge in [0.25, 0.3) is 0 Å². The van der Waals surface area contributed by atoms with Gasteiger partial charge in [0.05, 0.1) is 5.60 Å². The van der Waals surface area contributed by atoms with Gasteiger partial charge in [-0.15, -0.1) is 0 Å². The Morgan fingerprint density at radius 1 is 1.18 bits per heavy atom. The van der Waals surface area contributed by atoms with E-state index in [1.54, 1.807) is 0 Å². The van der Waals surface area contributed by atoms with Crippen LogP contribution < -0.4 is 0 Å². The van der Waals surface area contributed by atoms with Gasteiger partial charge in [-0.1, -0.05) is 25.3 Å². The zero-order valence-corrected chi connectivity index (χ0v) is 10.7. The molecule has 1 aliphatic carbocycles. The standard InChI is InChI=1S/C15H21FO/c1-11-8-13(10-14(16)9-11)15(2,17)12-6-4-3-5-7-12/h8-10,12,17H,3-7H2,1-2H3. The molecule has 1 saturated carbocycles. The zero-order valence-electron chi connectivity index (χ0n) is 10.7. The van der Waals surface area contributed by atoms with E-state index in [4.69, 9.17) is 0 Å². The van der Waals surface area contributed by atoms with Crippen molar-refractivity contribution in [3.05, 3.63) is 35.1 Å². The number of halogens is 1. The highest BCUT2D eigenvalue weighted by molar-refractivity contribution is 5.28. The molecular formula is C15H21FO. The molecule has 1 atom stereocenters. The fourth-order valence-electron chi connectivity index (χ4n) is 2.93. The molecular weight excluding hydrogens is 215 g/mol. The van der Waals surface area contributed by atoms with Crippen LogP contribution in [0.15, 0.2) is 18.2 Å². The number of benzene rings is 1. The van der Waals surface area contributed by atoms with Gasteiger partial charge < -0.3 is 5.11 Å². The predicted octanol–water partition coefficient (Wildman–Crippen LogP) is 3.92. The van der Waals surface area contributed by atoms with Crippen molar-refractivity contribution < 1.29 is 9.50 Å². The largest absolute Gasteiger partial charge is 0.385 e. The maximum atomic E-state index is 13.4. The van der Waals surface area contributed by atoms with E-state index >= 15 is 0 Å². The van der Waals surface area contributed by atoms with Crippen LogP contribution in [-0.4, -0.2) is 5.11 Å². The van der Waals surface area contributed by atoms with Crippen LogP contribution in [0.5, 0.6) is 0 Å². The van der Waals surface area contributed by atoms with Gasteiger partial charge in [-0.2, -0.15) is 0 Å². The summed E-state index contributed by atoms with van der Waals surface area (Å²) in [7, 11) is 0. The van der Waals surface area contributed by atoms with E-state index in [1.165, 1.54) is 31.4 Å². The minimum atomic E-state index is -0.896. The van der Waals surface area contributed by atoms with Gasteiger partial charge in [0.1, 0.15) is 5.82 Å². The number of aryl methyl sites for hydroxylation is 1. The van der Waals surface area contributed by atoms with Crippen molar-refractivity contribution in [3.63, 3.8) is 0 Å². The van der Waals surface area contributed by atoms with E-state index < -0.39 is 5.60 Å². The highest BCUT2D eigenvalue weighted by Gasteiger charge is 2.34. The van der Waals surface area contributed by atoms with E-state index in [2.05, 4.69) is 0 Å². The summed E-state index contributed by atoms with van der Waals surface area (Å²) in [6, 6.07) is 4.87. The van der Waals surface area contributed by atoms with E-state index in [1.807, 2.05) is 19.9 Å². The third-order valence-corrected chi connectivity index (χ3v) is 4.03. The third kappa shape index (κ3) is 2.68. The number of hydrogen-bond donors (Lipinski definition) is 1. The summed E-state index contributed by atoms with van der Waals surface area (Å²) in [5, 5.41) is 10.7. The van der Waals surface area contributed by atoms with Crippen LogP contribution in [0.25, 0.3) is 0 Å². The van der Waals surface area contributed by atoms with Gasteiger partial charge in [0.2, 0.25) is 0 Å². The lowest BCUT2D eigenvalue weighted by Crippen LogP contribution is -2.33. The summed E-state index contributed by atoms with van der Waals surface area (Å²) < 4.78 is 13.4. The molecule has 1 N–H and O–H groups in total. The Morgan fingerprint density at radius 2 is 1.82 bits per heavy atom. The molecule has 1 aromatic carbocycles. The fraction of sp³-hybridized carbons (Fsp3) is 0.600. The van der Waals surface area contributed by atoms with Crippen LogP contribution in [0.4, 0.5) is 4.39 Å². The predicted molar refractivity (Wildman–Crippen MR) is 67.3 cm³/mol. The molecule has 1 unspecified atom stereocenters. The van der Waals surface area contributed by atoms with E-state index in [-0.39, 0.29) is 11.7 Å². The van der Waals surface area contributed by atoms with Gasteiger partial charge in [-0.05, 0) is 55.9 Å². The molecule has 1 aromatic rings. The molecule has 0 aromatic heterocycles. The quantitative estimate of drug-likeness (QED) is 0.825. The van der Waals surface area contributed by atoms with Crippen LogP contribution >= 0.6 is 0 Å². The summed E-state index contributed by atoms with van der Waals surface area (Å²) in [5.41, 5.74) is 0.700. The van der Waals surface area contributed by atoms with Crippen molar-refractivity contribution in [1.82, 2.24) is 0 Å². The van der Waals surface area contributed by atoms with Crippen molar-refractivity contribution in [2.75, 3.05) is 0 Å². The van der Waals surface area contributed by atoms with Crippen molar-refractivity contribution in [3.8, 4) is 0 Å². The average Bonchev–Trinajstić information content (AvgIpc) is 2.29. The molecule has 0 radical (unpaired) electrons. The molecule has 0 spiro atoms. The minimum Gasteiger partial charge on any atom is -0.385 e. The van der Waals surface area contributed by atoms with Gasteiger partial charge >= 0.3 is 0 Å². The average molecular weight is 236 g/mol. The van der Waals surface area contributed by atoms with Gasteiger partial charge in [0, 0.05) is 0 Å². The SMILES string of the molecule is Cc1cc(F)cc(C(C)(O)C2CCCCC2)c1. The minimum absolute atomic E-state index is 0.254. The lowest BCUT2D eigenvalue weighted by molar-refractivity contribution is -0.0217. The molecule has 2 heteroatoms. The molecule has 17 heavy (non-hydrogen) atoms. The summed E-state index contributed by atoms with van der Waals surface area (Å²) in [6.45, 7) is 3.70. The first-order valence-corrected chi connectivity index (χ1v) is 6.50. The van der Waals surface area contributed by atoms with Crippen LogP contribution in [0.2, 0.25) is 0 Å². The topological polar surface area (TPSA) is 20.2 Å². The lowest BCUT2D eigenvalue weighted by Gasteiger charge is -2.36. The summed E-state index contributed by atoms with van der Waals surface area (Å²) in [6.07, 6.45) is 5.70. The van der Waals surface area contributed by atoms with Gasteiger partial charge in [0.15, 0.2) is 0 Å². The van der Waals surface area contributed by atoms with E-state index in [0.717, 1.165) is 24.0 Å². The molecule has 1 fully saturated rings. The summed E-state index contributed by atoms with van der Waals surface area (Å²) in [5.74, 6) is 0.00790. The van der Waals surface area contributed by atoms with Crippen molar-refractivity contribution in [2.45, 2.75) is 51.6 Å². The van der Waals surface area contributed by atoms with E-state index in [0.29, 0.717) is 0 Å². The fourth-order valence-corrected chi connectivity index (χ4v) is 2.93. The molecule has 0 bridgehead atoms. The van der Waals surface area contributed by atoms with Crippen molar-refractivity contribution >= 4 is 0 Å². The smallest absolute Gasteiger partial charge is 0.123 e. The Hall–Kier alpha value is -0.890. The molecule has 1 nitrogen and oxygen atoms in total. The van der Waals surface area contributed by atoms with Gasteiger partial charge in [-0.25, -0.2) is 4.39 Å². The molecule has 2 rings (SSSR count). The maximum absolute atomic E-state index is 13.4. The Kier molecular flexibility index (Phi) is 3.53. The van der Waals surface area contributed by atoms with Crippen LogP contribution in [0.1, 0.15) is 50.2 Å². The second kappa shape index (κ2) is 4.77. The van der Waals surface area contributed by atoms with Gasteiger partial charge in [-0.3, -0.25) is 0 Å². The maximum Gasteiger partial charge on any atom is 0.123 e. The molecule has 1 aliphatic rings. The van der Waals surface area contributed by atoms with Crippen LogP contribution in [0.3, 0.4) is 0 Å². The molecule has 0 amide bonds. The van der Waals surface area contributed by atoms with Crippen LogP contribution in [-0.2, 0) is 5.60 Å². The Morgan fingerprint density at radius 3 is 2.41 bits per heavy atom. The number of rotatable bonds is 2. The first-order valence-electron chi connectivity index (χ1n) is 6.50.